The summed E-state index contributed by atoms with van der Waals surface area (Å²) >= 11 is 1.69. The highest BCUT2D eigenvalue weighted by Gasteiger charge is 2.44. The number of ether oxygens (including phenoxy) is 1. The second-order valence-corrected chi connectivity index (χ2v) is 6.53. The van der Waals surface area contributed by atoms with Crippen LogP contribution in [0.4, 0.5) is 0 Å². The first-order chi connectivity index (χ1) is 9.34. The summed E-state index contributed by atoms with van der Waals surface area (Å²) in [5.41, 5.74) is 0.852. The Morgan fingerprint density at radius 2 is 2.00 bits per heavy atom. The number of aromatic nitrogens is 1. The van der Waals surface area contributed by atoms with E-state index in [-0.39, 0.29) is 0 Å². The molecule has 0 atom stereocenters. The number of nitrogens with zero attached hydrogens (tertiary/aromatic N) is 2. The maximum Gasteiger partial charge on any atom is 0.287 e. The molecular weight excluding hydrogens is 256 g/mol. The molecule has 3 nitrogen and oxygen atoms in total. The quantitative estimate of drug-likeness (QED) is 0.760. The molecule has 1 aliphatic carbocycles. The molecule has 19 heavy (non-hydrogen) atoms. The summed E-state index contributed by atoms with van der Waals surface area (Å²) in [4.78, 5) is 8.78. The number of thiazole rings is 1. The van der Waals surface area contributed by atoms with Crippen molar-refractivity contribution < 1.29 is 4.74 Å². The molecule has 0 aromatic carbocycles. The molecule has 2 fully saturated rings. The van der Waals surface area contributed by atoms with Crippen LogP contribution in [-0.4, -0.2) is 18.2 Å². The minimum Gasteiger partial charge on any atom is -0.381 e. The maximum atomic E-state index is 7.57. The van der Waals surface area contributed by atoms with Crippen LogP contribution in [0, 0.1) is 6.57 Å². The Balaban J connectivity index is 1.81. The van der Waals surface area contributed by atoms with Crippen LogP contribution in [-0.2, 0) is 10.3 Å². The topological polar surface area (TPSA) is 26.5 Å². The van der Waals surface area contributed by atoms with Crippen LogP contribution in [0.15, 0.2) is 5.38 Å². The van der Waals surface area contributed by atoms with Gasteiger partial charge in [0.25, 0.3) is 5.54 Å². The Bertz CT molecular complexity index is 465. The Morgan fingerprint density at radius 3 is 2.68 bits per heavy atom. The van der Waals surface area contributed by atoms with Crippen molar-refractivity contribution in [2.45, 2.75) is 56.4 Å². The normalized spacial score (nSPS) is 23.9. The van der Waals surface area contributed by atoms with Crippen LogP contribution in [0.3, 0.4) is 0 Å². The third-order valence-electron chi connectivity index (χ3n) is 4.48. The third-order valence-corrected chi connectivity index (χ3v) is 5.53. The van der Waals surface area contributed by atoms with Crippen LogP contribution in [0.5, 0.6) is 0 Å². The molecule has 0 radical (unpaired) electrons. The second-order valence-electron chi connectivity index (χ2n) is 5.67. The van der Waals surface area contributed by atoms with E-state index in [2.05, 4.69) is 10.2 Å². The third kappa shape index (κ3) is 2.54. The van der Waals surface area contributed by atoms with Gasteiger partial charge in [0.1, 0.15) is 0 Å². The Kier molecular flexibility index (Phi) is 3.86. The fraction of sp³-hybridized carbons (Fsp3) is 0.733. The predicted octanol–water partition coefficient (Wildman–Crippen LogP) is 4.12. The molecule has 1 aromatic rings. The van der Waals surface area contributed by atoms with Crippen molar-refractivity contribution in [2.75, 3.05) is 13.2 Å². The molecule has 0 N–H and O–H groups in total. The van der Waals surface area contributed by atoms with Crippen molar-refractivity contribution in [3.63, 3.8) is 0 Å². The zero-order chi connectivity index (χ0) is 13.1. The lowest BCUT2D eigenvalue weighted by Crippen LogP contribution is -2.30. The van der Waals surface area contributed by atoms with E-state index in [9.17, 15) is 0 Å². The molecule has 0 unspecified atom stereocenters. The first-order valence-corrected chi connectivity index (χ1v) is 8.14. The highest BCUT2D eigenvalue weighted by atomic mass is 32.1. The van der Waals surface area contributed by atoms with Crippen LogP contribution in [0.25, 0.3) is 4.85 Å². The summed E-state index contributed by atoms with van der Waals surface area (Å²) in [5, 5.41) is 3.24. The fourth-order valence-corrected chi connectivity index (χ4v) is 4.27. The molecule has 1 saturated heterocycles. The first-order valence-electron chi connectivity index (χ1n) is 7.26. The van der Waals surface area contributed by atoms with Gasteiger partial charge in [0.15, 0.2) is 5.01 Å². The molecule has 4 heteroatoms. The van der Waals surface area contributed by atoms with Gasteiger partial charge in [0.2, 0.25) is 0 Å². The van der Waals surface area contributed by atoms with E-state index in [0.29, 0.717) is 19.1 Å². The fourth-order valence-electron chi connectivity index (χ4n) is 3.17. The first kappa shape index (κ1) is 13.1. The van der Waals surface area contributed by atoms with Gasteiger partial charge >= 0.3 is 0 Å². The molecule has 0 spiro atoms. The van der Waals surface area contributed by atoms with Crippen LogP contribution in [0.2, 0.25) is 0 Å². The number of hydrogen-bond donors (Lipinski definition) is 0. The minimum absolute atomic E-state index is 0.393. The molecule has 102 valence electrons. The summed E-state index contributed by atoms with van der Waals surface area (Å²) in [5.74, 6) is 0.640. The molecule has 2 heterocycles. The van der Waals surface area contributed by atoms with Gasteiger partial charge in [-0.25, -0.2) is 11.6 Å². The van der Waals surface area contributed by atoms with Gasteiger partial charge in [0, 0.05) is 11.3 Å². The van der Waals surface area contributed by atoms with E-state index in [1.807, 2.05) is 0 Å². The predicted molar refractivity (Wildman–Crippen MR) is 76.3 cm³/mol. The monoisotopic (exact) mass is 276 g/mol. The Hall–Kier alpha value is -0.920. The van der Waals surface area contributed by atoms with Gasteiger partial charge in [-0.1, -0.05) is 19.3 Å². The van der Waals surface area contributed by atoms with Crippen molar-refractivity contribution >= 4 is 11.3 Å². The van der Waals surface area contributed by atoms with Gasteiger partial charge in [-0.3, -0.25) is 0 Å². The molecular formula is C15H20N2OS. The zero-order valence-corrected chi connectivity index (χ0v) is 12.0. The van der Waals surface area contributed by atoms with Crippen molar-refractivity contribution in [3.8, 4) is 0 Å². The second kappa shape index (κ2) is 5.60. The molecule has 1 saturated carbocycles. The number of hydrogen-bond acceptors (Lipinski definition) is 3. The summed E-state index contributed by atoms with van der Waals surface area (Å²) in [7, 11) is 0. The molecule has 0 amide bonds. The van der Waals surface area contributed by atoms with Crippen LogP contribution >= 0.6 is 11.3 Å². The van der Waals surface area contributed by atoms with E-state index in [0.717, 1.165) is 17.8 Å². The van der Waals surface area contributed by atoms with Gasteiger partial charge < -0.3 is 9.58 Å². The van der Waals surface area contributed by atoms with E-state index < -0.39 is 5.54 Å². The van der Waals surface area contributed by atoms with E-state index >= 15 is 0 Å². The standard InChI is InChI=1S/C15H20N2OS/c1-16-15(7-9-18-10-8-15)14-17-13(11-19-14)12-5-3-2-4-6-12/h11-12H,2-10H2. The summed E-state index contributed by atoms with van der Waals surface area (Å²) in [6.07, 6.45) is 8.19. The van der Waals surface area contributed by atoms with Gasteiger partial charge in [-0.2, -0.15) is 0 Å². The smallest absolute Gasteiger partial charge is 0.287 e. The minimum atomic E-state index is -0.393. The molecule has 3 rings (SSSR count). The van der Waals surface area contributed by atoms with Crippen molar-refractivity contribution in [3.05, 3.63) is 27.5 Å². The molecule has 1 aliphatic heterocycles. The Labute approximate surface area is 118 Å². The van der Waals surface area contributed by atoms with Crippen molar-refractivity contribution in [2.24, 2.45) is 0 Å². The lowest BCUT2D eigenvalue weighted by molar-refractivity contribution is 0.0645. The Morgan fingerprint density at radius 1 is 1.26 bits per heavy atom. The lowest BCUT2D eigenvalue weighted by atomic mass is 9.87. The SMILES string of the molecule is [C-]#[N+]C1(c2nc(C3CCCCC3)cs2)CCOCC1. The van der Waals surface area contributed by atoms with E-state index in [4.69, 9.17) is 16.3 Å². The van der Waals surface area contributed by atoms with Gasteiger partial charge in [-0.15, -0.1) is 11.3 Å². The van der Waals surface area contributed by atoms with Gasteiger partial charge in [0.05, 0.1) is 31.7 Å². The molecule has 0 bridgehead atoms. The summed E-state index contributed by atoms with van der Waals surface area (Å²) in [6, 6.07) is 0. The van der Waals surface area contributed by atoms with E-state index in [1.54, 1.807) is 11.3 Å². The lowest BCUT2D eigenvalue weighted by Gasteiger charge is -2.24. The van der Waals surface area contributed by atoms with E-state index in [1.165, 1.54) is 37.8 Å². The largest absolute Gasteiger partial charge is 0.381 e. The average Bonchev–Trinajstić information content (AvgIpc) is 2.99. The average molecular weight is 276 g/mol. The van der Waals surface area contributed by atoms with Crippen LogP contribution < -0.4 is 0 Å². The van der Waals surface area contributed by atoms with Crippen molar-refractivity contribution in [1.82, 2.24) is 4.98 Å². The molecule has 1 aromatic heterocycles. The summed E-state index contributed by atoms with van der Waals surface area (Å²) in [6.45, 7) is 8.96. The van der Waals surface area contributed by atoms with Crippen LogP contribution in [0.1, 0.15) is 61.6 Å². The number of rotatable bonds is 2. The maximum absolute atomic E-state index is 7.57. The summed E-state index contributed by atoms with van der Waals surface area (Å²) < 4.78 is 5.40. The highest BCUT2D eigenvalue weighted by molar-refractivity contribution is 7.09. The zero-order valence-electron chi connectivity index (χ0n) is 11.2. The van der Waals surface area contributed by atoms with Gasteiger partial charge in [-0.05, 0) is 12.8 Å². The highest BCUT2D eigenvalue weighted by Crippen LogP contribution is 2.40. The molecule has 2 aliphatic rings. The van der Waals surface area contributed by atoms with Crippen molar-refractivity contribution in [1.29, 1.82) is 0 Å².